The van der Waals surface area contributed by atoms with Gasteiger partial charge in [-0.15, -0.1) is 0 Å². The first-order valence-electron chi connectivity index (χ1n) is 5.49. The standard InChI is InChI=1S/C11H20N4S/c1-5-11(3,6-2)15-9-7-8(12)13-10(14-9)16-4/h7H,5-6H2,1-4H3,(H3,12,13,14,15). The van der Waals surface area contributed by atoms with Crippen LogP contribution in [0.2, 0.25) is 0 Å². The Labute approximate surface area is 101 Å². The Morgan fingerprint density at radius 3 is 2.50 bits per heavy atom. The molecule has 1 rings (SSSR count). The molecule has 1 aromatic rings. The van der Waals surface area contributed by atoms with Crippen LogP contribution in [0.4, 0.5) is 11.6 Å². The minimum atomic E-state index is 0.0659. The summed E-state index contributed by atoms with van der Waals surface area (Å²) in [5, 5.41) is 4.13. The van der Waals surface area contributed by atoms with E-state index >= 15 is 0 Å². The average molecular weight is 240 g/mol. The van der Waals surface area contributed by atoms with Crippen molar-refractivity contribution in [1.82, 2.24) is 9.97 Å². The highest BCUT2D eigenvalue weighted by Gasteiger charge is 2.19. The number of hydrogen-bond acceptors (Lipinski definition) is 5. The summed E-state index contributed by atoms with van der Waals surface area (Å²) in [6.07, 6.45) is 4.03. The van der Waals surface area contributed by atoms with Crippen molar-refractivity contribution < 1.29 is 0 Å². The van der Waals surface area contributed by atoms with Crippen LogP contribution in [0.3, 0.4) is 0 Å². The molecule has 0 saturated carbocycles. The fourth-order valence-corrected chi connectivity index (χ4v) is 1.72. The first kappa shape index (κ1) is 13.1. The first-order valence-corrected chi connectivity index (χ1v) is 6.72. The van der Waals surface area contributed by atoms with Gasteiger partial charge in [0.2, 0.25) is 0 Å². The molecule has 1 heterocycles. The molecule has 0 fully saturated rings. The van der Waals surface area contributed by atoms with E-state index < -0.39 is 0 Å². The van der Waals surface area contributed by atoms with Crippen molar-refractivity contribution in [3.05, 3.63) is 6.07 Å². The van der Waals surface area contributed by atoms with Crippen LogP contribution in [-0.2, 0) is 0 Å². The topological polar surface area (TPSA) is 63.8 Å². The SMILES string of the molecule is CCC(C)(CC)Nc1cc(N)nc(SC)n1. The van der Waals surface area contributed by atoms with Crippen molar-refractivity contribution in [3.63, 3.8) is 0 Å². The zero-order valence-corrected chi connectivity index (χ0v) is 11.2. The molecule has 0 atom stereocenters. The van der Waals surface area contributed by atoms with E-state index in [4.69, 9.17) is 5.73 Å². The molecule has 0 radical (unpaired) electrons. The number of nitrogens with one attached hydrogen (secondary N) is 1. The van der Waals surface area contributed by atoms with Gasteiger partial charge in [-0.2, -0.15) is 0 Å². The summed E-state index contributed by atoms with van der Waals surface area (Å²) in [6, 6.07) is 1.78. The quantitative estimate of drug-likeness (QED) is 0.612. The van der Waals surface area contributed by atoms with Gasteiger partial charge in [0.15, 0.2) is 5.16 Å². The zero-order chi connectivity index (χ0) is 12.2. The maximum Gasteiger partial charge on any atom is 0.191 e. The van der Waals surface area contributed by atoms with Gasteiger partial charge >= 0.3 is 0 Å². The van der Waals surface area contributed by atoms with Crippen LogP contribution in [-0.4, -0.2) is 21.8 Å². The predicted molar refractivity (Wildman–Crippen MR) is 70.8 cm³/mol. The van der Waals surface area contributed by atoms with Gasteiger partial charge in [-0.05, 0) is 26.0 Å². The number of nitrogens with zero attached hydrogens (tertiary/aromatic N) is 2. The molecule has 0 amide bonds. The molecule has 1 aromatic heterocycles. The summed E-state index contributed by atoms with van der Waals surface area (Å²) in [6.45, 7) is 6.51. The maximum absolute atomic E-state index is 5.73. The Bertz CT molecular complexity index is 350. The molecule has 0 aliphatic rings. The molecule has 90 valence electrons. The minimum Gasteiger partial charge on any atom is -0.383 e. The van der Waals surface area contributed by atoms with E-state index in [0.29, 0.717) is 11.0 Å². The fraction of sp³-hybridized carbons (Fsp3) is 0.636. The Morgan fingerprint density at radius 1 is 1.38 bits per heavy atom. The number of nitrogen functional groups attached to an aromatic ring is 1. The number of nitrogens with two attached hydrogens (primary N) is 1. The smallest absolute Gasteiger partial charge is 0.191 e. The van der Waals surface area contributed by atoms with Gasteiger partial charge in [-0.3, -0.25) is 0 Å². The largest absolute Gasteiger partial charge is 0.383 e. The van der Waals surface area contributed by atoms with Gasteiger partial charge in [-0.25, -0.2) is 9.97 Å². The molecule has 16 heavy (non-hydrogen) atoms. The van der Waals surface area contributed by atoms with Crippen LogP contribution in [0.5, 0.6) is 0 Å². The summed E-state index contributed by atoms with van der Waals surface area (Å²) >= 11 is 1.50. The van der Waals surface area contributed by atoms with E-state index in [1.165, 1.54) is 11.8 Å². The molecule has 0 spiro atoms. The summed E-state index contributed by atoms with van der Waals surface area (Å²) < 4.78 is 0. The van der Waals surface area contributed by atoms with Gasteiger partial charge < -0.3 is 11.1 Å². The third-order valence-corrected chi connectivity index (χ3v) is 3.45. The van der Waals surface area contributed by atoms with Gasteiger partial charge in [0.05, 0.1) is 0 Å². The number of thioether (sulfide) groups is 1. The maximum atomic E-state index is 5.73. The minimum absolute atomic E-state index is 0.0659. The zero-order valence-electron chi connectivity index (χ0n) is 10.4. The van der Waals surface area contributed by atoms with Crippen LogP contribution < -0.4 is 11.1 Å². The lowest BCUT2D eigenvalue weighted by atomic mass is 9.96. The van der Waals surface area contributed by atoms with Crippen molar-refractivity contribution >= 4 is 23.4 Å². The lowest BCUT2D eigenvalue weighted by molar-refractivity contribution is 0.476. The van der Waals surface area contributed by atoms with Crippen molar-refractivity contribution in [1.29, 1.82) is 0 Å². The van der Waals surface area contributed by atoms with Crippen molar-refractivity contribution in [3.8, 4) is 0 Å². The molecule has 5 heteroatoms. The molecule has 0 aromatic carbocycles. The Balaban J connectivity index is 2.92. The molecular formula is C11H20N4S. The predicted octanol–water partition coefficient (Wildman–Crippen LogP) is 2.77. The molecule has 0 aliphatic carbocycles. The lowest BCUT2D eigenvalue weighted by Crippen LogP contribution is -2.33. The van der Waals surface area contributed by atoms with Crippen molar-refractivity contribution in [2.24, 2.45) is 0 Å². The highest BCUT2D eigenvalue weighted by atomic mass is 32.2. The highest BCUT2D eigenvalue weighted by Crippen LogP contribution is 2.22. The lowest BCUT2D eigenvalue weighted by Gasteiger charge is -2.29. The summed E-state index contributed by atoms with van der Waals surface area (Å²) in [5.74, 6) is 1.32. The van der Waals surface area contributed by atoms with Crippen LogP contribution in [0.15, 0.2) is 11.2 Å². The van der Waals surface area contributed by atoms with Gasteiger partial charge in [-0.1, -0.05) is 25.6 Å². The van der Waals surface area contributed by atoms with E-state index in [9.17, 15) is 0 Å². The number of anilines is 2. The number of hydrogen-bond donors (Lipinski definition) is 2. The van der Waals surface area contributed by atoms with Crippen molar-refractivity contribution in [2.45, 2.75) is 44.3 Å². The van der Waals surface area contributed by atoms with Gasteiger partial charge in [0, 0.05) is 11.6 Å². The first-order chi connectivity index (χ1) is 7.53. The molecule has 0 aliphatic heterocycles. The van der Waals surface area contributed by atoms with Crippen LogP contribution in [0.1, 0.15) is 33.6 Å². The Morgan fingerprint density at radius 2 is 2.00 bits per heavy atom. The van der Waals surface area contributed by atoms with E-state index in [1.54, 1.807) is 6.07 Å². The molecule has 0 bridgehead atoms. The molecule has 0 unspecified atom stereocenters. The Kier molecular flexibility index (Phi) is 4.41. The fourth-order valence-electron chi connectivity index (χ4n) is 1.33. The molecule has 4 nitrogen and oxygen atoms in total. The Hall–Kier alpha value is -0.970. The van der Waals surface area contributed by atoms with Gasteiger partial charge in [0.25, 0.3) is 0 Å². The second-order valence-corrected chi connectivity index (χ2v) is 4.83. The average Bonchev–Trinajstić information content (AvgIpc) is 2.28. The second kappa shape index (κ2) is 5.39. The third-order valence-electron chi connectivity index (χ3n) is 2.90. The monoisotopic (exact) mass is 240 g/mol. The van der Waals surface area contributed by atoms with E-state index in [1.807, 2.05) is 6.26 Å². The molecule has 0 saturated heterocycles. The number of rotatable bonds is 5. The number of aromatic nitrogens is 2. The second-order valence-electron chi connectivity index (χ2n) is 4.06. The third kappa shape index (κ3) is 3.27. The summed E-state index contributed by atoms with van der Waals surface area (Å²) in [5.41, 5.74) is 5.80. The van der Waals surface area contributed by atoms with E-state index in [0.717, 1.165) is 18.7 Å². The van der Waals surface area contributed by atoms with Crippen molar-refractivity contribution in [2.75, 3.05) is 17.3 Å². The van der Waals surface area contributed by atoms with E-state index in [2.05, 4.69) is 36.1 Å². The van der Waals surface area contributed by atoms with Crippen LogP contribution in [0.25, 0.3) is 0 Å². The van der Waals surface area contributed by atoms with Crippen LogP contribution in [0, 0.1) is 0 Å². The van der Waals surface area contributed by atoms with E-state index in [-0.39, 0.29) is 5.54 Å². The highest BCUT2D eigenvalue weighted by molar-refractivity contribution is 7.98. The van der Waals surface area contributed by atoms with Gasteiger partial charge in [0.1, 0.15) is 11.6 Å². The normalized spacial score (nSPS) is 11.5. The molecule has 3 N–H and O–H groups in total. The van der Waals surface area contributed by atoms with Crippen LogP contribution >= 0.6 is 11.8 Å². The summed E-state index contributed by atoms with van der Waals surface area (Å²) in [4.78, 5) is 8.52. The summed E-state index contributed by atoms with van der Waals surface area (Å²) in [7, 11) is 0. The molecular weight excluding hydrogens is 220 g/mol.